The molecular weight excluding hydrogens is 148 g/mol. The lowest BCUT2D eigenvalue weighted by Crippen LogP contribution is -2.36. The van der Waals surface area contributed by atoms with E-state index in [1.54, 1.807) is 11.8 Å². The fourth-order valence-electron chi connectivity index (χ4n) is 1.10. The van der Waals surface area contributed by atoms with E-state index in [9.17, 15) is 4.79 Å². The van der Waals surface area contributed by atoms with Crippen LogP contribution in [0.3, 0.4) is 0 Å². The zero-order chi connectivity index (χ0) is 7.56. The number of rotatable bonds is 2. The van der Waals surface area contributed by atoms with E-state index in [1.807, 2.05) is 0 Å². The Morgan fingerprint density at radius 2 is 2.50 bits per heavy atom. The summed E-state index contributed by atoms with van der Waals surface area (Å²) in [5.74, 6) is -0.225. The highest BCUT2D eigenvalue weighted by atomic mass is 32.2. The summed E-state index contributed by atoms with van der Waals surface area (Å²) >= 11 is 1.78. The third-order valence-corrected chi connectivity index (χ3v) is 2.79. The summed E-state index contributed by atoms with van der Waals surface area (Å²) in [7, 11) is 0. The van der Waals surface area contributed by atoms with Crippen molar-refractivity contribution in [2.24, 2.45) is 5.73 Å². The van der Waals surface area contributed by atoms with Crippen LogP contribution in [0.5, 0.6) is 0 Å². The minimum Gasteiger partial charge on any atom is -0.368 e. The van der Waals surface area contributed by atoms with Crippen LogP contribution in [0.2, 0.25) is 0 Å². The molecule has 1 aliphatic rings. The standard InChI is InChI=1S/C6H12N2OS/c1-10-4-2-5(6(7)9)8-3-4/h4-5,8H,2-3H2,1H3,(H2,7,9)/t4-,5+/m1/s1. The summed E-state index contributed by atoms with van der Waals surface area (Å²) in [6.07, 6.45) is 2.94. The van der Waals surface area contributed by atoms with Crippen molar-refractivity contribution in [3.05, 3.63) is 0 Å². The number of hydrogen-bond donors (Lipinski definition) is 2. The van der Waals surface area contributed by atoms with Gasteiger partial charge in [0.1, 0.15) is 0 Å². The lowest BCUT2D eigenvalue weighted by Gasteiger charge is -2.03. The smallest absolute Gasteiger partial charge is 0.234 e. The number of hydrogen-bond acceptors (Lipinski definition) is 3. The molecule has 0 unspecified atom stereocenters. The van der Waals surface area contributed by atoms with Crippen molar-refractivity contribution < 1.29 is 4.79 Å². The summed E-state index contributed by atoms with van der Waals surface area (Å²) in [6.45, 7) is 0.911. The average Bonchev–Trinajstić information content (AvgIpc) is 2.34. The zero-order valence-corrected chi connectivity index (χ0v) is 6.78. The molecule has 3 N–H and O–H groups in total. The van der Waals surface area contributed by atoms with Gasteiger partial charge in [-0.05, 0) is 12.7 Å². The largest absolute Gasteiger partial charge is 0.368 e. The molecule has 0 saturated carbocycles. The molecule has 58 valence electrons. The van der Waals surface area contributed by atoms with Crippen LogP contribution in [0.1, 0.15) is 6.42 Å². The molecule has 0 aromatic rings. The van der Waals surface area contributed by atoms with Gasteiger partial charge < -0.3 is 11.1 Å². The number of nitrogens with two attached hydrogens (primary N) is 1. The predicted molar refractivity (Wildman–Crippen MR) is 42.9 cm³/mol. The molecule has 2 atom stereocenters. The highest BCUT2D eigenvalue weighted by Crippen LogP contribution is 2.17. The van der Waals surface area contributed by atoms with E-state index in [0.717, 1.165) is 13.0 Å². The Hall–Kier alpha value is -0.220. The van der Waals surface area contributed by atoms with Gasteiger partial charge in [-0.3, -0.25) is 4.79 Å². The van der Waals surface area contributed by atoms with Crippen molar-refractivity contribution in [1.82, 2.24) is 5.32 Å². The molecule has 1 fully saturated rings. The Labute approximate surface area is 64.7 Å². The van der Waals surface area contributed by atoms with Crippen molar-refractivity contribution in [2.75, 3.05) is 12.8 Å². The molecule has 0 aromatic carbocycles. The van der Waals surface area contributed by atoms with Crippen LogP contribution in [-0.2, 0) is 4.79 Å². The Bertz CT molecular complexity index is 140. The second-order valence-electron chi connectivity index (χ2n) is 2.46. The first kappa shape index (κ1) is 7.88. The van der Waals surface area contributed by atoms with E-state index in [-0.39, 0.29) is 11.9 Å². The normalized spacial score (nSPS) is 32.5. The first-order valence-electron chi connectivity index (χ1n) is 3.29. The maximum atomic E-state index is 10.6. The minimum absolute atomic E-state index is 0.0857. The van der Waals surface area contributed by atoms with Crippen LogP contribution in [0.4, 0.5) is 0 Å². The van der Waals surface area contributed by atoms with Crippen molar-refractivity contribution in [3.63, 3.8) is 0 Å². The van der Waals surface area contributed by atoms with E-state index >= 15 is 0 Å². The van der Waals surface area contributed by atoms with Gasteiger partial charge >= 0.3 is 0 Å². The van der Waals surface area contributed by atoms with Gasteiger partial charge in [0, 0.05) is 11.8 Å². The number of thioether (sulfide) groups is 1. The molecule has 0 aromatic heterocycles. The molecule has 3 nitrogen and oxygen atoms in total. The van der Waals surface area contributed by atoms with E-state index in [1.165, 1.54) is 0 Å². The number of carbonyl (C=O) groups is 1. The summed E-state index contributed by atoms with van der Waals surface area (Å²) in [5, 5.41) is 3.63. The quantitative estimate of drug-likeness (QED) is 0.576. The van der Waals surface area contributed by atoms with Gasteiger partial charge in [-0.15, -0.1) is 0 Å². The van der Waals surface area contributed by atoms with Gasteiger partial charge in [-0.1, -0.05) is 0 Å². The molecule has 1 heterocycles. The fraction of sp³-hybridized carbons (Fsp3) is 0.833. The highest BCUT2D eigenvalue weighted by molar-refractivity contribution is 7.99. The third kappa shape index (κ3) is 1.64. The van der Waals surface area contributed by atoms with Crippen LogP contribution in [0.25, 0.3) is 0 Å². The number of carbonyl (C=O) groups excluding carboxylic acids is 1. The molecule has 0 bridgehead atoms. The molecule has 10 heavy (non-hydrogen) atoms. The Morgan fingerprint density at radius 3 is 2.80 bits per heavy atom. The van der Waals surface area contributed by atoms with Crippen LogP contribution >= 0.6 is 11.8 Å². The first-order valence-corrected chi connectivity index (χ1v) is 4.58. The summed E-state index contributed by atoms with van der Waals surface area (Å²) < 4.78 is 0. The molecule has 1 amide bonds. The van der Waals surface area contributed by atoms with Gasteiger partial charge in [0.25, 0.3) is 0 Å². The monoisotopic (exact) mass is 160 g/mol. The molecule has 1 aliphatic heterocycles. The van der Waals surface area contributed by atoms with Gasteiger partial charge in [0.15, 0.2) is 0 Å². The van der Waals surface area contributed by atoms with E-state index in [4.69, 9.17) is 5.73 Å². The van der Waals surface area contributed by atoms with Crippen molar-refractivity contribution in [3.8, 4) is 0 Å². The van der Waals surface area contributed by atoms with Gasteiger partial charge in [-0.2, -0.15) is 11.8 Å². The number of nitrogens with one attached hydrogen (secondary N) is 1. The second kappa shape index (κ2) is 3.25. The first-order chi connectivity index (χ1) is 4.74. The van der Waals surface area contributed by atoms with E-state index in [0.29, 0.717) is 5.25 Å². The maximum Gasteiger partial charge on any atom is 0.234 e. The van der Waals surface area contributed by atoms with Crippen molar-refractivity contribution in [2.45, 2.75) is 17.7 Å². The van der Waals surface area contributed by atoms with Gasteiger partial charge in [0.05, 0.1) is 6.04 Å². The fourth-order valence-corrected chi connectivity index (χ4v) is 1.75. The maximum absolute atomic E-state index is 10.6. The molecular formula is C6H12N2OS. The van der Waals surface area contributed by atoms with Crippen molar-refractivity contribution in [1.29, 1.82) is 0 Å². The van der Waals surface area contributed by atoms with Crippen molar-refractivity contribution >= 4 is 17.7 Å². The van der Waals surface area contributed by atoms with Gasteiger partial charge in [-0.25, -0.2) is 0 Å². The Balaban J connectivity index is 2.35. The molecule has 4 heteroatoms. The molecule has 1 rings (SSSR count). The molecule has 1 saturated heterocycles. The Kier molecular flexibility index (Phi) is 2.56. The highest BCUT2D eigenvalue weighted by Gasteiger charge is 2.26. The number of amides is 1. The molecule has 0 radical (unpaired) electrons. The lowest BCUT2D eigenvalue weighted by atomic mass is 10.2. The molecule has 0 aliphatic carbocycles. The number of primary amides is 1. The summed E-state index contributed by atoms with van der Waals surface area (Å²) in [4.78, 5) is 10.6. The van der Waals surface area contributed by atoms with Gasteiger partial charge in [0.2, 0.25) is 5.91 Å². The topological polar surface area (TPSA) is 55.1 Å². The second-order valence-corrected chi connectivity index (χ2v) is 3.59. The summed E-state index contributed by atoms with van der Waals surface area (Å²) in [5.41, 5.74) is 5.10. The Morgan fingerprint density at radius 1 is 1.80 bits per heavy atom. The summed E-state index contributed by atoms with van der Waals surface area (Å²) in [6, 6.07) is -0.0857. The zero-order valence-electron chi connectivity index (χ0n) is 5.96. The van der Waals surface area contributed by atoms with E-state index < -0.39 is 0 Å². The lowest BCUT2D eigenvalue weighted by molar-refractivity contribution is -0.119. The third-order valence-electron chi connectivity index (χ3n) is 1.77. The van der Waals surface area contributed by atoms with Crippen LogP contribution in [-0.4, -0.2) is 30.0 Å². The van der Waals surface area contributed by atoms with Crippen LogP contribution in [0.15, 0.2) is 0 Å². The van der Waals surface area contributed by atoms with Crippen LogP contribution in [0, 0.1) is 0 Å². The van der Waals surface area contributed by atoms with Crippen LogP contribution < -0.4 is 11.1 Å². The SMILES string of the molecule is CS[C@H]1CN[C@H](C(N)=O)C1. The minimum atomic E-state index is -0.225. The van der Waals surface area contributed by atoms with E-state index in [2.05, 4.69) is 11.6 Å². The predicted octanol–water partition coefficient (Wildman–Crippen LogP) is -0.435. The molecule has 0 spiro atoms. The average molecular weight is 160 g/mol.